The number of carbonyl (C=O) groups excluding carboxylic acids is 3. The second-order valence-electron chi connectivity index (χ2n) is 7.16. The summed E-state index contributed by atoms with van der Waals surface area (Å²) in [6.45, 7) is 1.49. The first-order valence-electron chi connectivity index (χ1n) is 9.65. The molecule has 3 rings (SSSR count). The molecule has 0 saturated carbocycles. The number of aryl methyl sites for hydroxylation is 2. The van der Waals surface area contributed by atoms with Crippen molar-refractivity contribution in [3.63, 3.8) is 0 Å². The minimum absolute atomic E-state index is 0.210. The van der Waals surface area contributed by atoms with E-state index in [1.54, 1.807) is 0 Å². The third kappa shape index (κ3) is 5.57. The van der Waals surface area contributed by atoms with E-state index in [1.807, 2.05) is 48.5 Å². The monoisotopic (exact) mass is 395 g/mol. The van der Waals surface area contributed by atoms with Crippen molar-refractivity contribution in [1.29, 1.82) is 0 Å². The van der Waals surface area contributed by atoms with Gasteiger partial charge in [0.1, 0.15) is 6.04 Å². The fraction of sp³-hybridized carbons (Fsp3) is 0.318. The quantitative estimate of drug-likeness (QED) is 0.625. The van der Waals surface area contributed by atoms with Gasteiger partial charge in [0.25, 0.3) is 5.91 Å². The number of nitrogens with one attached hydrogen (secondary N) is 2. The summed E-state index contributed by atoms with van der Waals surface area (Å²) in [5.41, 5.74) is 9.24. The summed E-state index contributed by atoms with van der Waals surface area (Å²) >= 11 is 0. The van der Waals surface area contributed by atoms with Gasteiger partial charge in [-0.25, -0.2) is 9.59 Å². The predicted molar refractivity (Wildman–Crippen MR) is 109 cm³/mol. The Balaban J connectivity index is 1.60. The molecule has 1 aliphatic carbocycles. The van der Waals surface area contributed by atoms with Crippen LogP contribution in [0.1, 0.15) is 30.0 Å². The molecule has 0 heterocycles. The van der Waals surface area contributed by atoms with Gasteiger partial charge < -0.3 is 21.1 Å². The molecular weight excluding hydrogens is 370 g/mol. The average Bonchev–Trinajstić information content (AvgIpc) is 3.15. The zero-order valence-corrected chi connectivity index (χ0v) is 16.3. The lowest BCUT2D eigenvalue weighted by Crippen LogP contribution is -2.47. The van der Waals surface area contributed by atoms with Crippen molar-refractivity contribution in [2.75, 3.05) is 5.32 Å². The average molecular weight is 395 g/mol. The summed E-state index contributed by atoms with van der Waals surface area (Å²) in [5.74, 6) is -1.15. The van der Waals surface area contributed by atoms with E-state index in [0.29, 0.717) is 5.69 Å². The maximum atomic E-state index is 12.5. The predicted octanol–water partition coefficient (Wildman–Crippen LogP) is 2.33. The minimum Gasteiger partial charge on any atom is -0.451 e. The molecule has 0 aliphatic heterocycles. The second kappa shape index (κ2) is 9.23. The Kier molecular flexibility index (Phi) is 6.49. The Morgan fingerprint density at radius 2 is 1.79 bits per heavy atom. The summed E-state index contributed by atoms with van der Waals surface area (Å²) in [6, 6.07) is 13.2. The van der Waals surface area contributed by atoms with Gasteiger partial charge in [0, 0.05) is 12.1 Å². The van der Waals surface area contributed by atoms with Crippen LogP contribution in [0.15, 0.2) is 48.5 Å². The lowest BCUT2D eigenvalue weighted by Gasteiger charge is -2.20. The van der Waals surface area contributed by atoms with Crippen LogP contribution >= 0.6 is 0 Å². The van der Waals surface area contributed by atoms with Crippen LogP contribution in [0, 0.1) is 0 Å². The molecule has 3 amide bonds. The van der Waals surface area contributed by atoms with Gasteiger partial charge in [-0.1, -0.05) is 36.4 Å². The number of amides is 3. The first-order valence-corrected chi connectivity index (χ1v) is 9.65. The topological polar surface area (TPSA) is 111 Å². The number of fused-ring (bicyclic) bond motifs is 1. The third-order valence-electron chi connectivity index (χ3n) is 4.91. The highest BCUT2D eigenvalue weighted by Crippen LogP contribution is 2.25. The molecule has 2 atom stereocenters. The molecule has 0 spiro atoms. The van der Waals surface area contributed by atoms with Crippen molar-refractivity contribution in [3.8, 4) is 0 Å². The number of hydrogen-bond acceptors (Lipinski definition) is 4. The van der Waals surface area contributed by atoms with Crippen molar-refractivity contribution in [2.45, 2.75) is 44.8 Å². The van der Waals surface area contributed by atoms with Crippen molar-refractivity contribution < 1.29 is 19.1 Å². The molecule has 7 heteroatoms. The normalized spacial score (nSPS) is 14.4. The molecule has 1 aliphatic rings. The van der Waals surface area contributed by atoms with Crippen molar-refractivity contribution in [1.82, 2.24) is 5.32 Å². The fourth-order valence-corrected chi connectivity index (χ4v) is 3.42. The number of ether oxygens (including phenoxy) is 1. The van der Waals surface area contributed by atoms with E-state index < -0.39 is 30.1 Å². The lowest BCUT2D eigenvalue weighted by atomic mass is 10.1. The molecule has 2 aromatic rings. The van der Waals surface area contributed by atoms with E-state index in [2.05, 4.69) is 10.6 Å². The molecule has 0 fully saturated rings. The van der Waals surface area contributed by atoms with Gasteiger partial charge in [-0.3, -0.25) is 4.79 Å². The number of esters is 1. The van der Waals surface area contributed by atoms with Gasteiger partial charge in [0.2, 0.25) is 0 Å². The van der Waals surface area contributed by atoms with E-state index in [4.69, 9.17) is 10.5 Å². The summed E-state index contributed by atoms with van der Waals surface area (Å²) in [4.78, 5) is 36.3. The number of benzene rings is 2. The van der Waals surface area contributed by atoms with E-state index in [1.165, 1.54) is 18.1 Å². The zero-order valence-electron chi connectivity index (χ0n) is 16.3. The molecule has 29 heavy (non-hydrogen) atoms. The first-order chi connectivity index (χ1) is 13.9. The molecule has 2 aromatic carbocycles. The highest BCUT2D eigenvalue weighted by atomic mass is 16.5. The first kappa shape index (κ1) is 20.4. The summed E-state index contributed by atoms with van der Waals surface area (Å²) in [5, 5.41) is 5.16. The highest BCUT2D eigenvalue weighted by Gasteiger charge is 2.26. The van der Waals surface area contributed by atoms with E-state index in [9.17, 15) is 14.4 Å². The van der Waals surface area contributed by atoms with Crippen LogP contribution in [0.4, 0.5) is 10.5 Å². The van der Waals surface area contributed by atoms with E-state index in [0.717, 1.165) is 24.8 Å². The van der Waals surface area contributed by atoms with Crippen molar-refractivity contribution in [3.05, 3.63) is 65.2 Å². The molecule has 152 valence electrons. The Morgan fingerprint density at radius 3 is 2.52 bits per heavy atom. The Hall–Kier alpha value is -3.35. The van der Waals surface area contributed by atoms with Crippen molar-refractivity contribution >= 4 is 23.6 Å². The van der Waals surface area contributed by atoms with Gasteiger partial charge in [-0.05, 0) is 55.0 Å². The fourth-order valence-electron chi connectivity index (χ4n) is 3.42. The number of primary amides is 1. The maximum absolute atomic E-state index is 12.5. The van der Waals surface area contributed by atoms with E-state index in [-0.39, 0.29) is 6.42 Å². The summed E-state index contributed by atoms with van der Waals surface area (Å²) in [6.07, 6.45) is 2.37. The highest BCUT2D eigenvalue weighted by molar-refractivity contribution is 5.95. The van der Waals surface area contributed by atoms with Gasteiger partial charge >= 0.3 is 12.0 Å². The van der Waals surface area contributed by atoms with Crippen LogP contribution in [0.3, 0.4) is 0 Å². The molecule has 0 saturated heterocycles. The number of anilines is 1. The Labute approximate surface area is 169 Å². The molecule has 0 radical (unpaired) electrons. The standard InChI is InChI=1S/C22H25N3O4/c1-14(20(26)24-18-11-10-16-8-5-9-17(16)13-18)29-21(27)19(25-22(23)28)12-15-6-3-2-4-7-15/h2-4,6-7,10-11,13-14,19H,5,8-9,12H2,1H3,(H,24,26)(H3,23,25,28)/t14-,19-/m0/s1. The third-order valence-corrected chi connectivity index (χ3v) is 4.91. The Bertz CT molecular complexity index is 898. The summed E-state index contributed by atoms with van der Waals surface area (Å²) < 4.78 is 5.29. The molecular formula is C22H25N3O4. The molecule has 0 aromatic heterocycles. The number of carbonyl (C=O) groups is 3. The minimum atomic E-state index is -1.02. The number of urea groups is 1. The molecule has 7 nitrogen and oxygen atoms in total. The molecule has 0 bridgehead atoms. The van der Waals surface area contributed by atoms with Crippen LogP contribution in [0.5, 0.6) is 0 Å². The van der Waals surface area contributed by atoms with Crippen LogP contribution in [-0.4, -0.2) is 30.1 Å². The zero-order chi connectivity index (χ0) is 20.8. The van der Waals surface area contributed by atoms with Gasteiger partial charge in [-0.15, -0.1) is 0 Å². The molecule has 0 unspecified atom stereocenters. The SMILES string of the molecule is C[C@H](OC(=O)[C@H](Cc1ccccc1)NC(N)=O)C(=O)Nc1ccc2c(c1)CCC2. The van der Waals surface area contributed by atoms with Crippen LogP contribution in [0.25, 0.3) is 0 Å². The number of nitrogens with two attached hydrogens (primary N) is 1. The van der Waals surface area contributed by atoms with Gasteiger partial charge in [0.05, 0.1) is 0 Å². The van der Waals surface area contributed by atoms with Crippen LogP contribution < -0.4 is 16.4 Å². The van der Waals surface area contributed by atoms with Crippen LogP contribution in [-0.2, 0) is 33.6 Å². The number of hydrogen-bond donors (Lipinski definition) is 3. The Morgan fingerprint density at radius 1 is 1.07 bits per heavy atom. The maximum Gasteiger partial charge on any atom is 0.329 e. The smallest absolute Gasteiger partial charge is 0.329 e. The lowest BCUT2D eigenvalue weighted by molar-refractivity contribution is -0.155. The molecule has 4 N–H and O–H groups in total. The van der Waals surface area contributed by atoms with Gasteiger partial charge in [-0.2, -0.15) is 0 Å². The number of rotatable bonds is 7. The van der Waals surface area contributed by atoms with Gasteiger partial charge in [0.15, 0.2) is 6.10 Å². The van der Waals surface area contributed by atoms with Crippen LogP contribution in [0.2, 0.25) is 0 Å². The van der Waals surface area contributed by atoms with Crippen molar-refractivity contribution in [2.24, 2.45) is 5.73 Å². The summed E-state index contributed by atoms with van der Waals surface area (Å²) in [7, 11) is 0. The second-order valence-corrected chi connectivity index (χ2v) is 7.16. The largest absolute Gasteiger partial charge is 0.451 e. The van der Waals surface area contributed by atoms with E-state index >= 15 is 0 Å².